The van der Waals surface area contributed by atoms with Crippen LogP contribution in [-0.4, -0.2) is 39.3 Å². The van der Waals surface area contributed by atoms with Crippen molar-refractivity contribution in [2.45, 2.75) is 38.1 Å². The van der Waals surface area contributed by atoms with Crippen LogP contribution in [0.3, 0.4) is 0 Å². The van der Waals surface area contributed by atoms with Crippen molar-refractivity contribution >= 4 is 28.5 Å². The van der Waals surface area contributed by atoms with Gasteiger partial charge in [0.15, 0.2) is 17.2 Å². The molecular formula is C23H19ClFN7O. The standard InChI is InChI=1S/C23H19ClFN7O/c24-16-7-8-31-13-27-18(23(31)22(16)25)3-5-20(33)19-11-30(12-26-19)9-15-10-32-21(28-15)6-4-17(29-32)14-1-2-14/h4,6-8,10-14H,1-3,5,9H2. The molecule has 0 amide bonds. The Balaban J connectivity index is 1.14. The molecule has 5 aromatic heterocycles. The van der Waals surface area contributed by atoms with Crippen molar-refractivity contribution in [1.29, 1.82) is 0 Å². The van der Waals surface area contributed by atoms with Gasteiger partial charge in [0.2, 0.25) is 0 Å². The van der Waals surface area contributed by atoms with E-state index in [-0.39, 0.29) is 17.2 Å². The third-order valence-electron chi connectivity index (χ3n) is 5.91. The number of carbonyl (C=O) groups is 1. The third kappa shape index (κ3) is 3.78. The van der Waals surface area contributed by atoms with Crippen molar-refractivity contribution in [3.8, 4) is 0 Å². The number of Topliss-reactive ketones (excluding diaryl/α,β-unsaturated/α-hetero) is 1. The summed E-state index contributed by atoms with van der Waals surface area (Å²) >= 11 is 5.89. The van der Waals surface area contributed by atoms with E-state index >= 15 is 0 Å². The highest BCUT2D eigenvalue weighted by Gasteiger charge is 2.25. The Morgan fingerprint density at radius 1 is 1.15 bits per heavy atom. The van der Waals surface area contributed by atoms with Gasteiger partial charge in [-0.25, -0.2) is 23.9 Å². The number of rotatable bonds is 7. The van der Waals surface area contributed by atoms with Crippen LogP contribution >= 0.6 is 11.6 Å². The molecule has 0 aliphatic heterocycles. The summed E-state index contributed by atoms with van der Waals surface area (Å²) in [5.74, 6) is -0.0891. The van der Waals surface area contributed by atoms with E-state index < -0.39 is 5.82 Å². The lowest BCUT2D eigenvalue weighted by atomic mass is 10.1. The second kappa shape index (κ2) is 7.77. The predicted molar refractivity (Wildman–Crippen MR) is 119 cm³/mol. The van der Waals surface area contributed by atoms with E-state index in [1.54, 1.807) is 23.1 Å². The lowest BCUT2D eigenvalue weighted by Crippen LogP contribution is -2.03. The average Bonchev–Trinajstić information content (AvgIpc) is 3.23. The summed E-state index contributed by atoms with van der Waals surface area (Å²) in [5.41, 5.74) is 3.88. The Morgan fingerprint density at radius 3 is 2.88 bits per heavy atom. The van der Waals surface area contributed by atoms with Gasteiger partial charge in [-0.15, -0.1) is 0 Å². The van der Waals surface area contributed by atoms with Crippen molar-refractivity contribution in [3.05, 3.63) is 83.1 Å². The summed E-state index contributed by atoms with van der Waals surface area (Å²) < 4.78 is 19.6. The van der Waals surface area contributed by atoms with Gasteiger partial charge >= 0.3 is 0 Å². The number of nitrogens with zero attached hydrogens (tertiary/aromatic N) is 7. The van der Waals surface area contributed by atoms with Crippen molar-refractivity contribution in [3.63, 3.8) is 0 Å². The van der Waals surface area contributed by atoms with Crippen molar-refractivity contribution in [2.24, 2.45) is 0 Å². The smallest absolute Gasteiger partial charge is 0.183 e. The highest BCUT2D eigenvalue weighted by Crippen LogP contribution is 2.38. The number of imidazole rings is 3. The number of hydrogen-bond donors (Lipinski definition) is 0. The van der Waals surface area contributed by atoms with Gasteiger partial charge in [0, 0.05) is 24.7 Å². The van der Waals surface area contributed by atoms with Gasteiger partial charge in [0.25, 0.3) is 0 Å². The SMILES string of the molecule is O=C(CCc1ncn2ccc(Cl)c(F)c12)c1cn(Cc2cn3nc(C4CC4)ccc3n2)cn1. The first kappa shape index (κ1) is 20.0. The van der Waals surface area contributed by atoms with Gasteiger partial charge in [-0.1, -0.05) is 11.6 Å². The van der Waals surface area contributed by atoms with Crippen LogP contribution in [0.25, 0.3) is 11.2 Å². The van der Waals surface area contributed by atoms with Crippen LogP contribution in [0.5, 0.6) is 0 Å². The van der Waals surface area contributed by atoms with Crippen molar-refractivity contribution in [2.75, 3.05) is 0 Å². The highest BCUT2D eigenvalue weighted by molar-refractivity contribution is 6.31. The average molecular weight is 464 g/mol. The summed E-state index contributed by atoms with van der Waals surface area (Å²) in [6, 6.07) is 5.50. The zero-order chi connectivity index (χ0) is 22.5. The minimum absolute atomic E-state index is 0.0280. The second-order valence-electron chi connectivity index (χ2n) is 8.35. The van der Waals surface area contributed by atoms with Crippen LogP contribution in [0.1, 0.15) is 52.8 Å². The van der Waals surface area contributed by atoms with E-state index in [0.717, 1.165) is 17.0 Å². The van der Waals surface area contributed by atoms with E-state index in [2.05, 4.69) is 20.1 Å². The Kier molecular flexibility index (Phi) is 4.72. The summed E-state index contributed by atoms with van der Waals surface area (Å²) in [5, 5.41) is 4.68. The molecule has 33 heavy (non-hydrogen) atoms. The molecule has 0 unspecified atom stereocenters. The van der Waals surface area contributed by atoms with E-state index in [9.17, 15) is 9.18 Å². The fourth-order valence-corrected chi connectivity index (χ4v) is 4.17. The van der Waals surface area contributed by atoms with Gasteiger partial charge in [-0.05, 0) is 37.5 Å². The van der Waals surface area contributed by atoms with E-state index in [4.69, 9.17) is 11.6 Å². The Labute approximate surface area is 192 Å². The number of halogens is 2. The molecule has 1 fully saturated rings. The highest BCUT2D eigenvalue weighted by atomic mass is 35.5. The fraction of sp³-hybridized carbons (Fsp3) is 0.261. The number of aryl methyl sites for hydroxylation is 1. The Hall–Kier alpha value is -3.59. The van der Waals surface area contributed by atoms with Gasteiger partial charge in [0.1, 0.15) is 11.2 Å². The first-order valence-corrected chi connectivity index (χ1v) is 11.1. The molecule has 0 atom stereocenters. The van der Waals surface area contributed by atoms with Gasteiger partial charge in [-0.2, -0.15) is 5.10 Å². The summed E-state index contributed by atoms with van der Waals surface area (Å²) in [4.78, 5) is 25.8. The molecule has 0 aromatic carbocycles. The summed E-state index contributed by atoms with van der Waals surface area (Å²) in [7, 11) is 0. The number of pyridine rings is 1. The number of aromatic nitrogens is 7. The molecular weight excluding hydrogens is 445 g/mol. The molecule has 1 aliphatic rings. The maximum atomic E-state index is 14.4. The molecule has 6 rings (SSSR count). The quantitative estimate of drug-likeness (QED) is 0.339. The number of carbonyl (C=O) groups excluding carboxylic acids is 1. The van der Waals surface area contributed by atoms with E-state index in [0.29, 0.717) is 35.8 Å². The number of hydrogen-bond acceptors (Lipinski definition) is 5. The monoisotopic (exact) mass is 463 g/mol. The zero-order valence-electron chi connectivity index (χ0n) is 17.5. The molecule has 0 N–H and O–H groups in total. The van der Waals surface area contributed by atoms with Gasteiger partial charge < -0.3 is 8.97 Å². The molecule has 5 aromatic rings. The Morgan fingerprint density at radius 2 is 2.03 bits per heavy atom. The number of ketones is 1. The van der Waals surface area contributed by atoms with Crippen LogP contribution in [0.4, 0.5) is 4.39 Å². The van der Waals surface area contributed by atoms with Crippen LogP contribution in [0, 0.1) is 5.82 Å². The van der Waals surface area contributed by atoms with E-state index in [1.165, 1.54) is 25.2 Å². The molecule has 10 heteroatoms. The first-order valence-electron chi connectivity index (χ1n) is 10.7. The third-order valence-corrected chi connectivity index (χ3v) is 6.20. The molecule has 1 aliphatic carbocycles. The Bertz CT molecular complexity index is 1510. The molecule has 0 saturated heterocycles. The molecule has 5 heterocycles. The maximum absolute atomic E-state index is 14.4. The van der Waals surface area contributed by atoms with Crippen LogP contribution < -0.4 is 0 Å². The molecule has 166 valence electrons. The predicted octanol–water partition coefficient (Wildman–Crippen LogP) is 4.11. The lowest BCUT2D eigenvalue weighted by molar-refractivity contribution is 0.0978. The molecule has 0 spiro atoms. The summed E-state index contributed by atoms with van der Waals surface area (Å²) in [6.07, 6.45) is 11.2. The van der Waals surface area contributed by atoms with Crippen LogP contribution in [0.15, 0.2) is 49.4 Å². The fourth-order valence-electron chi connectivity index (χ4n) is 4.02. The zero-order valence-corrected chi connectivity index (χ0v) is 18.3. The molecule has 0 radical (unpaired) electrons. The second-order valence-corrected chi connectivity index (χ2v) is 8.75. The normalized spacial score (nSPS) is 13.9. The largest absolute Gasteiger partial charge is 0.331 e. The molecule has 1 saturated carbocycles. The molecule has 8 nitrogen and oxygen atoms in total. The lowest BCUT2D eigenvalue weighted by Gasteiger charge is -2.01. The van der Waals surface area contributed by atoms with Crippen LogP contribution in [-0.2, 0) is 13.0 Å². The maximum Gasteiger partial charge on any atom is 0.183 e. The topological polar surface area (TPSA) is 82.4 Å². The number of fused-ring (bicyclic) bond motifs is 2. The summed E-state index contributed by atoms with van der Waals surface area (Å²) in [6.45, 7) is 0.484. The minimum atomic E-state index is -0.533. The van der Waals surface area contributed by atoms with Crippen molar-refractivity contribution < 1.29 is 9.18 Å². The molecule has 0 bridgehead atoms. The minimum Gasteiger partial charge on any atom is -0.331 e. The van der Waals surface area contributed by atoms with Crippen molar-refractivity contribution in [1.82, 2.24) is 33.5 Å². The van der Waals surface area contributed by atoms with Gasteiger partial charge in [-0.3, -0.25) is 4.79 Å². The van der Waals surface area contributed by atoms with Gasteiger partial charge in [0.05, 0.1) is 47.5 Å². The first-order chi connectivity index (χ1) is 16.0. The van der Waals surface area contributed by atoms with Crippen LogP contribution in [0.2, 0.25) is 5.02 Å². The van der Waals surface area contributed by atoms with E-state index in [1.807, 2.05) is 27.4 Å².